The zero-order chi connectivity index (χ0) is 21.2. The van der Waals surface area contributed by atoms with Crippen LogP contribution in [0.4, 0.5) is 0 Å². The molecule has 0 radical (unpaired) electrons. The van der Waals surface area contributed by atoms with Crippen molar-refractivity contribution < 1.29 is 13.9 Å². The predicted octanol–water partition coefficient (Wildman–Crippen LogP) is 3.66. The number of benzene rings is 2. The highest BCUT2D eigenvalue weighted by molar-refractivity contribution is 5.79. The van der Waals surface area contributed by atoms with Crippen LogP contribution in [0.2, 0.25) is 0 Å². The summed E-state index contributed by atoms with van der Waals surface area (Å²) in [4.78, 5) is 9.14. The van der Waals surface area contributed by atoms with E-state index in [1.807, 2.05) is 55.5 Å². The first-order valence-electron chi connectivity index (χ1n) is 9.96. The molecule has 0 aliphatic rings. The Hall–Kier alpha value is -3.48. The summed E-state index contributed by atoms with van der Waals surface area (Å²) in [6.45, 7) is 3.92. The lowest BCUT2D eigenvalue weighted by molar-refractivity contribution is 0.398. The van der Waals surface area contributed by atoms with Crippen LogP contribution in [0.1, 0.15) is 18.2 Å². The number of guanidine groups is 1. The van der Waals surface area contributed by atoms with Gasteiger partial charge in [-0.1, -0.05) is 18.2 Å². The second-order valence-corrected chi connectivity index (χ2v) is 6.56. The van der Waals surface area contributed by atoms with Crippen molar-refractivity contribution in [1.29, 1.82) is 0 Å². The van der Waals surface area contributed by atoms with Gasteiger partial charge >= 0.3 is 0 Å². The average Bonchev–Trinajstić information content (AvgIpc) is 3.27. The molecule has 0 amide bonds. The molecule has 3 rings (SSSR count). The maximum Gasteiger partial charge on any atom is 0.226 e. The number of nitrogens with zero attached hydrogens (tertiary/aromatic N) is 2. The van der Waals surface area contributed by atoms with Gasteiger partial charge in [0.25, 0.3) is 0 Å². The van der Waals surface area contributed by atoms with Gasteiger partial charge in [-0.3, -0.25) is 0 Å². The molecule has 30 heavy (non-hydrogen) atoms. The Morgan fingerprint density at radius 1 is 1.07 bits per heavy atom. The van der Waals surface area contributed by atoms with Crippen LogP contribution in [-0.4, -0.2) is 38.3 Å². The summed E-state index contributed by atoms with van der Waals surface area (Å²) >= 11 is 0. The van der Waals surface area contributed by atoms with Crippen molar-refractivity contribution in [2.24, 2.45) is 4.99 Å². The Bertz CT molecular complexity index is 954. The van der Waals surface area contributed by atoms with Crippen molar-refractivity contribution in [2.75, 3.05) is 27.3 Å². The SMILES string of the molecule is CCNC(=NCc1coc(-c2ccccc2)n1)NCCc1cc(OC)ccc1OC. The maximum absolute atomic E-state index is 5.58. The van der Waals surface area contributed by atoms with Crippen LogP contribution >= 0.6 is 0 Å². The number of hydrogen-bond donors (Lipinski definition) is 2. The number of hydrogen-bond acceptors (Lipinski definition) is 5. The topological polar surface area (TPSA) is 80.9 Å². The van der Waals surface area contributed by atoms with Crippen LogP contribution in [-0.2, 0) is 13.0 Å². The summed E-state index contributed by atoms with van der Waals surface area (Å²) in [6, 6.07) is 15.6. The Kier molecular flexibility index (Phi) is 7.71. The molecule has 2 N–H and O–H groups in total. The molecule has 0 saturated carbocycles. The summed E-state index contributed by atoms with van der Waals surface area (Å²) in [7, 11) is 3.33. The van der Waals surface area contributed by atoms with Gasteiger partial charge in [0.2, 0.25) is 5.89 Å². The minimum Gasteiger partial charge on any atom is -0.497 e. The van der Waals surface area contributed by atoms with Crippen molar-refractivity contribution in [1.82, 2.24) is 15.6 Å². The molecule has 0 unspecified atom stereocenters. The van der Waals surface area contributed by atoms with Gasteiger partial charge in [0.05, 0.1) is 20.8 Å². The van der Waals surface area contributed by atoms with E-state index in [9.17, 15) is 0 Å². The van der Waals surface area contributed by atoms with E-state index >= 15 is 0 Å². The highest BCUT2D eigenvalue weighted by Crippen LogP contribution is 2.24. The number of rotatable bonds is 9. The molecule has 7 nitrogen and oxygen atoms in total. The highest BCUT2D eigenvalue weighted by Gasteiger charge is 2.08. The molecule has 0 saturated heterocycles. The van der Waals surface area contributed by atoms with E-state index < -0.39 is 0 Å². The third kappa shape index (κ3) is 5.76. The Balaban J connectivity index is 1.60. The van der Waals surface area contributed by atoms with Crippen molar-refractivity contribution in [3.05, 3.63) is 66.1 Å². The molecule has 0 spiro atoms. The molecular formula is C23H28N4O3. The summed E-state index contributed by atoms with van der Waals surface area (Å²) < 4.78 is 16.3. The molecule has 7 heteroatoms. The van der Waals surface area contributed by atoms with Gasteiger partial charge in [-0.2, -0.15) is 0 Å². The van der Waals surface area contributed by atoms with E-state index in [1.165, 1.54) is 0 Å². The molecule has 0 atom stereocenters. The van der Waals surface area contributed by atoms with Crippen LogP contribution in [0, 0.1) is 0 Å². The van der Waals surface area contributed by atoms with Crippen molar-refractivity contribution in [3.63, 3.8) is 0 Å². The minimum atomic E-state index is 0.425. The normalized spacial score (nSPS) is 11.2. The quantitative estimate of drug-likeness (QED) is 0.415. The standard InChI is InChI=1S/C23H28N4O3/c1-4-24-23(25-13-12-18-14-20(28-2)10-11-21(18)29-3)26-15-19-16-30-22(27-19)17-8-6-5-7-9-17/h5-11,14,16H,4,12-13,15H2,1-3H3,(H2,24,25,26). The van der Waals surface area contributed by atoms with E-state index in [1.54, 1.807) is 20.5 Å². The fourth-order valence-electron chi connectivity index (χ4n) is 2.99. The van der Waals surface area contributed by atoms with E-state index in [2.05, 4.69) is 20.6 Å². The Labute approximate surface area is 177 Å². The monoisotopic (exact) mass is 408 g/mol. The molecule has 1 heterocycles. The summed E-state index contributed by atoms with van der Waals surface area (Å²) in [5.41, 5.74) is 2.80. The molecule has 0 aliphatic carbocycles. The van der Waals surface area contributed by atoms with Crippen LogP contribution in [0.3, 0.4) is 0 Å². The van der Waals surface area contributed by atoms with Crippen LogP contribution in [0.15, 0.2) is 64.2 Å². The van der Waals surface area contributed by atoms with Gasteiger partial charge in [-0.05, 0) is 49.2 Å². The predicted molar refractivity (Wildman–Crippen MR) is 118 cm³/mol. The number of methoxy groups -OCH3 is 2. The van der Waals surface area contributed by atoms with E-state index in [0.717, 1.165) is 47.2 Å². The Morgan fingerprint density at radius 3 is 2.63 bits per heavy atom. The van der Waals surface area contributed by atoms with Gasteiger partial charge in [0.1, 0.15) is 23.5 Å². The lowest BCUT2D eigenvalue weighted by Crippen LogP contribution is -2.38. The molecule has 0 aliphatic heterocycles. The largest absolute Gasteiger partial charge is 0.497 e. The van der Waals surface area contributed by atoms with Crippen molar-refractivity contribution in [3.8, 4) is 23.0 Å². The molecule has 2 aromatic carbocycles. The van der Waals surface area contributed by atoms with Gasteiger partial charge in [-0.15, -0.1) is 0 Å². The van der Waals surface area contributed by atoms with Crippen molar-refractivity contribution in [2.45, 2.75) is 19.9 Å². The highest BCUT2D eigenvalue weighted by atomic mass is 16.5. The average molecular weight is 409 g/mol. The third-order valence-corrected chi connectivity index (χ3v) is 4.49. The molecular weight excluding hydrogens is 380 g/mol. The van der Waals surface area contributed by atoms with E-state index in [4.69, 9.17) is 13.9 Å². The molecule has 158 valence electrons. The zero-order valence-electron chi connectivity index (χ0n) is 17.6. The minimum absolute atomic E-state index is 0.425. The summed E-state index contributed by atoms with van der Waals surface area (Å²) in [5.74, 6) is 2.98. The van der Waals surface area contributed by atoms with E-state index in [-0.39, 0.29) is 0 Å². The number of oxazole rings is 1. The molecule has 3 aromatic rings. The second kappa shape index (κ2) is 10.9. The second-order valence-electron chi connectivity index (χ2n) is 6.56. The van der Waals surface area contributed by atoms with Gasteiger partial charge in [0.15, 0.2) is 5.96 Å². The van der Waals surface area contributed by atoms with E-state index in [0.29, 0.717) is 19.0 Å². The third-order valence-electron chi connectivity index (χ3n) is 4.49. The molecule has 0 bridgehead atoms. The number of ether oxygens (including phenoxy) is 2. The van der Waals surface area contributed by atoms with Crippen LogP contribution in [0.25, 0.3) is 11.5 Å². The number of nitrogens with one attached hydrogen (secondary N) is 2. The first kappa shape index (κ1) is 21.2. The zero-order valence-corrected chi connectivity index (χ0v) is 17.6. The maximum atomic E-state index is 5.58. The fraction of sp³-hybridized carbons (Fsp3) is 0.304. The smallest absolute Gasteiger partial charge is 0.226 e. The Morgan fingerprint density at radius 2 is 1.90 bits per heavy atom. The lowest BCUT2D eigenvalue weighted by Gasteiger charge is -2.13. The number of aliphatic imine (C=N–C) groups is 1. The number of aromatic nitrogens is 1. The molecule has 1 aromatic heterocycles. The van der Waals surface area contributed by atoms with Crippen molar-refractivity contribution >= 4 is 5.96 Å². The van der Waals surface area contributed by atoms with Gasteiger partial charge < -0.3 is 24.5 Å². The fourth-order valence-corrected chi connectivity index (χ4v) is 2.99. The lowest BCUT2D eigenvalue weighted by atomic mass is 10.1. The van der Waals surface area contributed by atoms with Crippen LogP contribution in [0.5, 0.6) is 11.5 Å². The summed E-state index contributed by atoms with van der Waals surface area (Å²) in [5, 5.41) is 6.60. The molecule has 0 fully saturated rings. The van der Waals surface area contributed by atoms with Gasteiger partial charge in [0, 0.05) is 18.7 Å². The van der Waals surface area contributed by atoms with Crippen LogP contribution < -0.4 is 20.1 Å². The first-order chi connectivity index (χ1) is 14.7. The first-order valence-corrected chi connectivity index (χ1v) is 9.96. The van der Waals surface area contributed by atoms with Gasteiger partial charge in [-0.25, -0.2) is 9.98 Å². The summed E-state index contributed by atoms with van der Waals surface area (Å²) in [6.07, 6.45) is 2.42.